The monoisotopic (exact) mass is 373 g/mol. The molecule has 1 aliphatic rings. The summed E-state index contributed by atoms with van der Waals surface area (Å²) in [7, 11) is 0. The molecule has 4 nitrogen and oxygen atoms in total. The fourth-order valence-electron chi connectivity index (χ4n) is 3.45. The van der Waals surface area contributed by atoms with Gasteiger partial charge in [0.25, 0.3) is 0 Å². The van der Waals surface area contributed by atoms with Gasteiger partial charge < -0.3 is 4.90 Å². The molecule has 134 valence electrons. The molecule has 0 spiro atoms. The second kappa shape index (κ2) is 7.42. The maximum atomic E-state index is 12.7. The molecule has 1 aliphatic heterocycles. The maximum Gasteiger partial charge on any atom is 0.233 e. The van der Waals surface area contributed by atoms with E-state index < -0.39 is 0 Å². The number of benzene rings is 2. The smallest absolute Gasteiger partial charge is 0.233 e. The quantitative estimate of drug-likeness (QED) is 0.649. The van der Waals surface area contributed by atoms with Gasteiger partial charge in [0.2, 0.25) is 5.91 Å². The second-order valence-corrected chi connectivity index (χ2v) is 7.69. The highest BCUT2D eigenvalue weighted by atomic mass is 32.2. The molecular formula is C22H19N3OS. The van der Waals surface area contributed by atoms with Gasteiger partial charge in [-0.25, -0.2) is 4.98 Å². The van der Waals surface area contributed by atoms with E-state index >= 15 is 0 Å². The van der Waals surface area contributed by atoms with Crippen LogP contribution < -0.4 is 0 Å². The first-order valence-electron chi connectivity index (χ1n) is 8.93. The normalized spacial score (nSPS) is 13.3. The van der Waals surface area contributed by atoms with Gasteiger partial charge in [-0.05, 0) is 36.1 Å². The molecule has 0 aliphatic carbocycles. The number of thioether (sulfide) groups is 1. The van der Waals surface area contributed by atoms with Gasteiger partial charge in [0, 0.05) is 18.5 Å². The van der Waals surface area contributed by atoms with E-state index in [2.05, 4.69) is 23.2 Å². The largest absolute Gasteiger partial charge is 0.337 e. The molecule has 0 radical (unpaired) electrons. The molecular weight excluding hydrogens is 354 g/mol. The van der Waals surface area contributed by atoms with E-state index in [1.807, 2.05) is 48.2 Å². The van der Waals surface area contributed by atoms with Crippen LogP contribution in [0.5, 0.6) is 0 Å². The zero-order valence-corrected chi connectivity index (χ0v) is 15.9. The third-order valence-electron chi connectivity index (χ3n) is 4.95. The van der Waals surface area contributed by atoms with Crippen molar-refractivity contribution in [3.63, 3.8) is 0 Å². The summed E-state index contributed by atoms with van der Waals surface area (Å²) in [5.41, 5.74) is 5.03. The van der Waals surface area contributed by atoms with E-state index in [1.54, 1.807) is 0 Å². The number of hydrogen-bond acceptors (Lipinski definition) is 4. The topological polar surface area (TPSA) is 57.0 Å². The van der Waals surface area contributed by atoms with Gasteiger partial charge in [-0.3, -0.25) is 4.79 Å². The van der Waals surface area contributed by atoms with E-state index in [-0.39, 0.29) is 5.91 Å². The molecule has 4 rings (SSSR count). The number of nitrogens with zero attached hydrogens (tertiary/aromatic N) is 3. The lowest BCUT2D eigenvalue weighted by atomic mass is 10.00. The first-order valence-corrected chi connectivity index (χ1v) is 9.92. The van der Waals surface area contributed by atoms with E-state index in [0.717, 1.165) is 29.4 Å². The molecule has 0 N–H and O–H groups in total. The van der Waals surface area contributed by atoms with Crippen molar-refractivity contribution in [2.45, 2.75) is 24.9 Å². The lowest BCUT2D eigenvalue weighted by Gasteiger charge is -2.28. The Morgan fingerprint density at radius 1 is 1.22 bits per heavy atom. The first kappa shape index (κ1) is 17.6. The predicted molar refractivity (Wildman–Crippen MR) is 107 cm³/mol. The van der Waals surface area contributed by atoms with Crippen molar-refractivity contribution in [3.8, 4) is 6.07 Å². The van der Waals surface area contributed by atoms with Gasteiger partial charge in [-0.15, -0.1) is 0 Å². The Balaban J connectivity index is 1.51. The molecule has 2 heterocycles. The van der Waals surface area contributed by atoms with Gasteiger partial charge in [0.15, 0.2) is 0 Å². The van der Waals surface area contributed by atoms with Crippen molar-refractivity contribution in [3.05, 3.63) is 70.8 Å². The average molecular weight is 373 g/mol. The average Bonchev–Trinajstić information content (AvgIpc) is 2.71. The fourth-order valence-corrected chi connectivity index (χ4v) is 4.31. The Morgan fingerprint density at radius 2 is 2.04 bits per heavy atom. The van der Waals surface area contributed by atoms with E-state index in [9.17, 15) is 10.1 Å². The number of carbonyl (C=O) groups excluding carboxylic acids is 1. The molecule has 1 amide bonds. The molecule has 2 aromatic carbocycles. The van der Waals surface area contributed by atoms with Crippen LogP contribution in [-0.4, -0.2) is 28.1 Å². The fraction of sp³-hybridized carbons (Fsp3) is 0.227. The first-order chi connectivity index (χ1) is 13.2. The lowest BCUT2D eigenvalue weighted by molar-refractivity contribution is -0.129. The van der Waals surface area contributed by atoms with Crippen LogP contribution in [0.3, 0.4) is 0 Å². The van der Waals surface area contributed by atoms with E-state index in [1.165, 1.54) is 22.9 Å². The predicted octanol–water partition coefficient (Wildman–Crippen LogP) is 4.09. The van der Waals surface area contributed by atoms with Gasteiger partial charge in [0.1, 0.15) is 11.1 Å². The summed E-state index contributed by atoms with van der Waals surface area (Å²) in [4.78, 5) is 19.3. The number of amides is 1. The zero-order valence-electron chi connectivity index (χ0n) is 15.1. The van der Waals surface area contributed by atoms with Crippen LogP contribution in [0.4, 0.5) is 0 Å². The number of para-hydroxylation sites is 1. The number of nitriles is 1. The van der Waals surface area contributed by atoms with Crippen molar-refractivity contribution in [1.29, 1.82) is 5.26 Å². The van der Waals surface area contributed by atoms with Crippen molar-refractivity contribution < 1.29 is 4.79 Å². The van der Waals surface area contributed by atoms with Crippen molar-refractivity contribution in [1.82, 2.24) is 9.88 Å². The third-order valence-corrected chi connectivity index (χ3v) is 5.92. The number of pyridine rings is 1. The molecule has 0 saturated heterocycles. The summed E-state index contributed by atoms with van der Waals surface area (Å²) in [5, 5.41) is 11.1. The molecule has 3 aromatic rings. The van der Waals surface area contributed by atoms with Crippen LogP contribution in [0.15, 0.2) is 53.6 Å². The SMILES string of the molecule is Cc1cccc2cc(C#N)c(SCC(=O)N3CCc4ccccc4C3)nc12. The summed E-state index contributed by atoms with van der Waals surface area (Å²) in [6.07, 6.45) is 0.892. The van der Waals surface area contributed by atoms with E-state index in [4.69, 9.17) is 0 Å². The van der Waals surface area contributed by atoms with E-state index in [0.29, 0.717) is 22.9 Å². The zero-order chi connectivity index (χ0) is 18.8. The number of hydrogen-bond donors (Lipinski definition) is 0. The molecule has 5 heteroatoms. The van der Waals surface area contributed by atoms with Crippen molar-refractivity contribution >= 4 is 28.6 Å². The van der Waals surface area contributed by atoms with Gasteiger partial charge in [0.05, 0.1) is 16.8 Å². The molecule has 0 saturated carbocycles. The number of fused-ring (bicyclic) bond motifs is 2. The molecule has 27 heavy (non-hydrogen) atoms. The molecule has 0 bridgehead atoms. The van der Waals surface area contributed by atoms with Crippen LogP contribution in [0.2, 0.25) is 0 Å². The highest BCUT2D eigenvalue weighted by Crippen LogP contribution is 2.27. The number of carbonyl (C=O) groups is 1. The summed E-state index contributed by atoms with van der Waals surface area (Å²) in [6.45, 7) is 3.41. The van der Waals surface area contributed by atoms with Crippen LogP contribution in [0, 0.1) is 18.3 Å². The Labute approximate surface area is 162 Å². The minimum atomic E-state index is 0.0880. The Bertz CT molecular complexity index is 1070. The van der Waals surface area contributed by atoms with Gasteiger partial charge in [-0.2, -0.15) is 5.26 Å². The Hall–Kier alpha value is -2.84. The van der Waals surface area contributed by atoms with Crippen LogP contribution in [0.1, 0.15) is 22.3 Å². The minimum absolute atomic E-state index is 0.0880. The lowest BCUT2D eigenvalue weighted by Crippen LogP contribution is -2.37. The number of rotatable bonds is 3. The van der Waals surface area contributed by atoms with Crippen LogP contribution in [0.25, 0.3) is 10.9 Å². The summed E-state index contributed by atoms with van der Waals surface area (Å²) in [6, 6.07) is 18.3. The Morgan fingerprint density at radius 3 is 2.85 bits per heavy atom. The van der Waals surface area contributed by atoms with Gasteiger partial charge in [-0.1, -0.05) is 54.2 Å². The summed E-state index contributed by atoms with van der Waals surface area (Å²) < 4.78 is 0. The molecule has 1 aromatic heterocycles. The standard InChI is InChI=1S/C22H19N3OS/c1-15-5-4-8-17-11-19(12-23)22(24-21(15)17)27-14-20(26)25-10-9-16-6-2-3-7-18(16)13-25/h2-8,11H,9-10,13-14H2,1H3. The number of aromatic nitrogens is 1. The highest BCUT2D eigenvalue weighted by molar-refractivity contribution is 8.00. The van der Waals surface area contributed by atoms with Crippen LogP contribution >= 0.6 is 11.8 Å². The number of aryl methyl sites for hydroxylation is 1. The summed E-state index contributed by atoms with van der Waals surface area (Å²) in [5.74, 6) is 0.381. The Kier molecular flexibility index (Phi) is 4.83. The molecule has 0 fully saturated rings. The minimum Gasteiger partial charge on any atom is -0.337 e. The molecule has 0 unspecified atom stereocenters. The third kappa shape index (κ3) is 3.54. The van der Waals surface area contributed by atoms with Crippen LogP contribution in [-0.2, 0) is 17.8 Å². The maximum absolute atomic E-state index is 12.7. The van der Waals surface area contributed by atoms with Crippen molar-refractivity contribution in [2.24, 2.45) is 0 Å². The van der Waals surface area contributed by atoms with Gasteiger partial charge >= 0.3 is 0 Å². The van der Waals surface area contributed by atoms with Crippen molar-refractivity contribution in [2.75, 3.05) is 12.3 Å². The molecule has 0 atom stereocenters. The highest BCUT2D eigenvalue weighted by Gasteiger charge is 2.21. The second-order valence-electron chi connectivity index (χ2n) is 6.72. The summed E-state index contributed by atoms with van der Waals surface area (Å²) >= 11 is 1.35.